The molecule has 0 fully saturated rings. The van der Waals surface area contributed by atoms with Gasteiger partial charge in [-0.3, -0.25) is 4.72 Å². The zero-order chi connectivity index (χ0) is 19.6. The van der Waals surface area contributed by atoms with Gasteiger partial charge in [0.1, 0.15) is 16.5 Å². The highest BCUT2D eigenvalue weighted by atomic mass is 35.5. The summed E-state index contributed by atoms with van der Waals surface area (Å²) < 4.78 is 55.3. The molecule has 0 spiro atoms. The Bertz CT molecular complexity index is 1060. The summed E-state index contributed by atoms with van der Waals surface area (Å²) in [5.74, 6) is -1.32. The number of aromatic nitrogens is 1. The van der Waals surface area contributed by atoms with Crippen LogP contribution in [0, 0.1) is 11.6 Å². The van der Waals surface area contributed by atoms with E-state index in [9.17, 15) is 17.2 Å². The summed E-state index contributed by atoms with van der Waals surface area (Å²) in [6.07, 6.45) is 0. The first-order chi connectivity index (χ1) is 12.8. The maximum Gasteiger partial charge on any atom is 0.266 e. The van der Waals surface area contributed by atoms with Crippen molar-refractivity contribution in [1.29, 1.82) is 0 Å². The van der Waals surface area contributed by atoms with Gasteiger partial charge in [0, 0.05) is 10.9 Å². The predicted molar refractivity (Wildman–Crippen MR) is 103 cm³/mol. The molecule has 3 rings (SSSR count). The van der Waals surface area contributed by atoms with E-state index in [0.717, 1.165) is 12.1 Å². The molecular weight excluding hydrogens is 416 g/mol. The summed E-state index contributed by atoms with van der Waals surface area (Å²) in [6, 6.07) is 7.60. The molecule has 2 N–H and O–H groups in total. The molecule has 0 aliphatic rings. The molecule has 0 saturated heterocycles. The fraction of sp³-hybridized carbons (Fsp3) is 0.118. The van der Waals surface area contributed by atoms with Crippen molar-refractivity contribution in [3.8, 4) is 0 Å². The number of nitrogens with one attached hydrogen (secondary N) is 2. The van der Waals surface area contributed by atoms with Crippen molar-refractivity contribution >= 4 is 44.5 Å². The number of thiazole rings is 1. The maximum absolute atomic E-state index is 14.5. The monoisotopic (exact) mass is 429 g/mol. The zero-order valence-electron chi connectivity index (χ0n) is 13.9. The fourth-order valence-corrected chi connectivity index (χ4v) is 4.37. The second kappa shape index (κ2) is 7.79. The van der Waals surface area contributed by atoms with Crippen LogP contribution in [-0.2, 0) is 10.0 Å². The first-order valence-electron chi connectivity index (χ1n) is 7.69. The normalized spacial score (nSPS) is 12.6. The van der Waals surface area contributed by atoms with Crippen molar-refractivity contribution in [2.45, 2.75) is 17.9 Å². The molecule has 10 heteroatoms. The molecule has 5 nitrogen and oxygen atoms in total. The van der Waals surface area contributed by atoms with E-state index in [1.165, 1.54) is 28.3 Å². The Morgan fingerprint density at radius 3 is 2.59 bits per heavy atom. The summed E-state index contributed by atoms with van der Waals surface area (Å²) in [7, 11) is -4.19. The summed E-state index contributed by atoms with van der Waals surface area (Å²) in [5, 5.41) is 4.35. The third kappa shape index (κ3) is 4.37. The molecule has 1 atom stereocenters. The van der Waals surface area contributed by atoms with Crippen molar-refractivity contribution < 1.29 is 17.2 Å². The highest BCUT2D eigenvalue weighted by Crippen LogP contribution is 2.32. The van der Waals surface area contributed by atoms with Crippen LogP contribution in [0.4, 0.5) is 20.3 Å². The standard InChI is InChI=1S/C17H14ClF2N3O2S2/c1-10(11-4-2-3-5-13(11)19)22-15-7-14(20)16(6-12(15)18)27(24,25)23-17-8-26-9-21-17/h2-10,22-23H,1H3. The lowest BCUT2D eigenvalue weighted by Crippen LogP contribution is -2.16. The molecule has 0 radical (unpaired) electrons. The van der Waals surface area contributed by atoms with Crippen molar-refractivity contribution in [3.05, 3.63) is 69.5 Å². The van der Waals surface area contributed by atoms with Gasteiger partial charge in [-0.15, -0.1) is 11.3 Å². The van der Waals surface area contributed by atoms with E-state index in [0.29, 0.717) is 5.56 Å². The lowest BCUT2D eigenvalue weighted by molar-refractivity contribution is 0.570. The number of sulfonamides is 1. The van der Waals surface area contributed by atoms with E-state index in [4.69, 9.17) is 11.6 Å². The first-order valence-corrected chi connectivity index (χ1v) is 10.5. The smallest absolute Gasteiger partial charge is 0.266 e. The van der Waals surface area contributed by atoms with Crippen molar-refractivity contribution in [3.63, 3.8) is 0 Å². The largest absolute Gasteiger partial charge is 0.377 e. The minimum Gasteiger partial charge on any atom is -0.377 e. The SMILES string of the molecule is CC(Nc1cc(F)c(S(=O)(=O)Nc2cscn2)cc1Cl)c1ccccc1F. The summed E-state index contributed by atoms with van der Waals surface area (Å²) >= 11 is 7.32. The van der Waals surface area contributed by atoms with Crippen LogP contribution >= 0.6 is 22.9 Å². The molecule has 1 heterocycles. The molecule has 27 heavy (non-hydrogen) atoms. The average Bonchev–Trinajstić information content (AvgIpc) is 3.10. The second-order valence-electron chi connectivity index (χ2n) is 5.63. The van der Waals surface area contributed by atoms with Gasteiger partial charge in [0.15, 0.2) is 5.82 Å². The van der Waals surface area contributed by atoms with E-state index in [1.54, 1.807) is 25.1 Å². The number of benzene rings is 2. The number of halogens is 3. The van der Waals surface area contributed by atoms with E-state index in [2.05, 4.69) is 15.0 Å². The second-order valence-corrected chi connectivity index (χ2v) is 8.41. The van der Waals surface area contributed by atoms with E-state index in [1.807, 2.05) is 0 Å². The Morgan fingerprint density at radius 2 is 1.93 bits per heavy atom. The van der Waals surface area contributed by atoms with E-state index >= 15 is 0 Å². The van der Waals surface area contributed by atoms with Crippen molar-refractivity contribution in [1.82, 2.24) is 4.98 Å². The quantitative estimate of drug-likeness (QED) is 0.575. The van der Waals surface area contributed by atoms with Gasteiger partial charge in [0.2, 0.25) is 0 Å². The third-order valence-corrected chi connectivity index (χ3v) is 6.00. The molecule has 2 aromatic carbocycles. The molecule has 0 aliphatic carbocycles. The Kier molecular flexibility index (Phi) is 5.64. The van der Waals surface area contributed by atoms with Crippen LogP contribution in [0.1, 0.15) is 18.5 Å². The number of hydrogen-bond donors (Lipinski definition) is 2. The van der Waals surface area contributed by atoms with Crippen LogP contribution in [0.25, 0.3) is 0 Å². The van der Waals surface area contributed by atoms with Gasteiger partial charge in [0.05, 0.1) is 22.3 Å². The van der Waals surface area contributed by atoms with Gasteiger partial charge < -0.3 is 5.32 Å². The Balaban J connectivity index is 1.88. The molecule has 3 aromatic rings. The average molecular weight is 430 g/mol. The number of nitrogens with zero attached hydrogens (tertiary/aromatic N) is 1. The molecule has 0 amide bonds. The van der Waals surface area contributed by atoms with Gasteiger partial charge in [0.25, 0.3) is 10.0 Å². The van der Waals surface area contributed by atoms with Gasteiger partial charge in [-0.2, -0.15) is 0 Å². The van der Waals surface area contributed by atoms with Crippen LogP contribution in [0.3, 0.4) is 0 Å². The lowest BCUT2D eigenvalue weighted by atomic mass is 10.1. The van der Waals surface area contributed by atoms with Crippen molar-refractivity contribution in [2.75, 3.05) is 10.0 Å². The topological polar surface area (TPSA) is 71.1 Å². The summed E-state index contributed by atoms with van der Waals surface area (Å²) in [5.41, 5.74) is 1.96. The molecule has 142 valence electrons. The predicted octanol–water partition coefficient (Wildman–Crippen LogP) is 5.05. The van der Waals surface area contributed by atoms with Crippen LogP contribution in [-0.4, -0.2) is 13.4 Å². The van der Waals surface area contributed by atoms with Gasteiger partial charge in [-0.25, -0.2) is 22.2 Å². The van der Waals surface area contributed by atoms with E-state index in [-0.39, 0.29) is 16.5 Å². The van der Waals surface area contributed by atoms with Gasteiger partial charge in [-0.1, -0.05) is 29.8 Å². The van der Waals surface area contributed by atoms with Crippen LogP contribution in [0.2, 0.25) is 5.02 Å². The fourth-order valence-electron chi connectivity index (χ4n) is 2.44. The number of hydrogen-bond acceptors (Lipinski definition) is 5. The molecule has 0 bridgehead atoms. The zero-order valence-corrected chi connectivity index (χ0v) is 16.3. The van der Waals surface area contributed by atoms with Gasteiger partial charge >= 0.3 is 0 Å². The minimum absolute atomic E-state index is 0.0155. The number of anilines is 2. The molecule has 0 saturated carbocycles. The Morgan fingerprint density at radius 1 is 1.19 bits per heavy atom. The Hall–Kier alpha value is -2.23. The lowest BCUT2D eigenvalue weighted by Gasteiger charge is -2.18. The number of rotatable bonds is 6. The highest BCUT2D eigenvalue weighted by molar-refractivity contribution is 7.92. The van der Waals surface area contributed by atoms with E-state index < -0.39 is 32.6 Å². The maximum atomic E-state index is 14.5. The summed E-state index contributed by atoms with van der Waals surface area (Å²) in [4.78, 5) is 3.20. The first kappa shape index (κ1) is 19.5. The molecular formula is C17H14ClF2N3O2S2. The van der Waals surface area contributed by atoms with Crippen LogP contribution < -0.4 is 10.0 Å². The molecule has 0 aliphatic heterocycles. The van der Waals surface area contributed by atoms with Crippen molar-refractivity contribution in [2.24, 2.45) is 0 Å². The van der Waals surface area contributed by atoms with Gasteiger partial charge in [-0.05, 0) is 25.1 Å². The Labute approximate surface area is 164 Å². The van der Waals surface area contributed by atoms with Crippen LogP contribution in [0.15, 0.2) is 52.2 Å². The third-order valence-electron chi connectivity index (χ3n) is 3.73. The molecule has 1 unspecified atom stereocenters. The highest BCUT2D eigenvalue weighted by Gasteiger charge is 2.23. The van der Waals surface area contributed by atoms with Crippen LogP contribution in [0.5, 0.6) is 0 Å². The minimum atomic E-state index is -4.19. The molecule has 1 aromatic heterocycles. The summed E-state index contributed by atoms with van der Waals surface area (Å²) in [6.45, 7) is 1.68.